The second kappa shape index (κ2) is 11.9. The van der Waals surface area contributed by atoms with Gasteiger partial charge in [-0.25, -0.2) is 4.79 Å². The van der Waals surface area contributed by atoms with E-state index < -0.39 is 4.92 Å². The molecule has 13 heteroatoms. The van der Waals surface area contributed by atoms with Gasteiger partial charge in [-0.2, -0.15) is 5.10 Å². The van der Waals surface area contributed by atoms with Gasteiger partial charge in [0.05, 0.1) is 18.2 Å². The van der Waals surface area contributed by atoms with Crippen LogP contribution >= 0.6 is 0 Å². The maximum atomic E-state index is 12.2. The summed E-state index contributed by atoms with van der Waals surface area (Å²) in [6.07, 6.45) is 5.92. The zero-order valence-electron chi connectivity index (χ0n) is 24.4. The fourth-order valence-electron chi connectivity index (χ4n) is 6.39. The highest BCUT2D eigenvalue weighted by Crippen LogP contribution is 2.41. The van der Waals surface area contributed by atoms with Crippen LogP contribution in [-0.4, -0.2) is 90.5 Å². The van der Waals surface area contributed by atoms with E-state index in [1.807, 2.05) is 37.5 Å². The summed E-state index contributed by atoms with van der Waals surface area (Å²) in [5.74, 6) is 0.0238. The minimum atomic E-state index is -0.404. The number of aromatic nitrogens is 2. The Hall–Kier alpha value is -4.65. The number of aryl methyl sites for hydroxylation is 1. The van der Waals surface area contributed by atoms with Gasteiger partial charge in [-0.1, -0.05) is 0 Å². The second-order valence-electron chi connectivity index (χ2n) is 11.2. The van der Waals surface area contributed by atoms with Gasteiger partial charge in [-0.15, -0.1) is 0 Å². The molecule has 6 rings (SSSR count). The number of amides is 3. The van der Waals surface area contributed by atoms with Crippen LogP contribution in [-0.2, 0) is 11.8 Å². The Balaban J connectivity index is 1.07. The van der Waals surface area contributed by atoms with Gasteiger partial charge in [0, 0.05) is 112 Å². The third kappa shape index (κ3) is 5.85. The lowest BCUT2D eigenvalue weighted by molar-refractivity contribution is -0.385. The molecule has 0 spiro atoms. The summed E-state index contributed by atoms with van der Waals surface area (Å²) in [5, 5.41) is 18.4. The van der Waals surface area contributed by atoms with Crippen LogP contribution in [0.5, 0.6) is 5.75 Å². The predicted octanol–water partition coefficient (Wildman–Crippen LogP) is 3.24. The van der Waals surface area contributed by atoms with Crippen molar-refractivity contribution < 1.29 is 19.2 Å². The zero-order valence-corrected chi connectivity index (χ0v) is 24.4. The quantitative estimate of drug-likeness (QED) is 0.327. The van der Waals surface area contributed by atoms with Crippen LogP contribution in [0.2, 0.25) is 0 Å². The molecule has 43 heavy (non-hydrogen) atoms. The molecule has 13 nitrogen and oxygen atoms in total. The van der Waals surface area contributed by atoms with Crippen molar-refractivity contribution in [2.45, 2.75) is 25.3 Å². The SMILES string of the molecule is COc1cc(N2CCC(N3CCN(c4ccc(N5CCC(=O)NC5=O)cc4)CC3)CC2)c(-c2cnn(C)c2)cc1[N+](=O)[O-]. The minimum Gasteiger partial charge on any atom is -0.490 e. The molecule has 3 fully saturated rings. The Morgan fingerprint density at radius 1 is 0.953 bits per heavy atom. The van der Waals surface area contributed by atoms with Crippen molar-refractivity contribution in [1.29, 1.82) is 0 Å². The number of benzene rings is 2. The molecule has 1 aromatic heterocycles. The van der Waals surface area contributed by atoms with E-state index in [1.165, 1.54) is 7.11 Å². The first-order valence-corrected chi connectivity index (χ1v) is 14.6. The molecule has 4 heterocycles. The van der Waals surface area contributed by atoms with Gasteiger partial charge in [0.1, 0.15) is 0 Å². The van der Waals surface area contributed by atoms with Crippen molar-refractivity contribution >= 4 is 34.7 Å². The van der Waals surface area contributed by atoms with E-state index in [0.29, 0.717) is 19.0 Å². The summed E-state index contributed by atoms with van der Waals surface area (Å²) in [7, 11) is 3.30. The summed E-state index contributed by atoms with van der Waals surface area (Å²) in [6, 6.07) is 11.5. The van der Waals surface area contributed by atoms with Crippen molar-refractivity contribution in [1.82, 2.24) is 20.0 Å². The van der Waals surface area contributed by atoms with E-state index in [1.54, 1.807) is 27.9 Å². The number of methoxy groups -OCH3 is 1. The van der Waals surface area contributed by atoms with Crippen molar-refractivity contribution in [2.24, 2.45) is 7.05 Å². The smallest absolute Gasteiger partial charge is 0.328 e. The number of nitrogens with one attached hydrogen (secondary N) is 1. The van der Waals surface area contributed by atoms with Crippen molar-refractivity contribution in [3.05, 3.63) is 58.9 Å². The van der Waals surface area contributed by atoms with Crippen molar-refractivity contribution in [3.63, 3.8) is 0 Å². The average molecular weight is 589 g/mol. The number of imide groups is 1. The van der Waals surface area contributed by atoms with E-state index in [2.05, 4.69) is 25.1 Å². The number of ether oxygens (including phenoxy) is 1. The largest absolute Gasteiger partial charge is 0.490 e. The third-order valence-corrected chi connectivity index (χ3v) is 8.73. The van der Waals surface area contributed by atoms with E-state index in [9.17, 15) is 19.7 Å². The number of hydrogen-bond donors (Lipinski definition) is 1. The molecular formula is C30H36N8O5. The summed E-state index contributed by atoms with van der Waals surface area (Å²) < 4.78 is 7.11. The van der Waals surface area contributed by atoms with Crippen LogP contribution in [0.1, 0.15) is 19.3 Å². The number of piperazine rings is 1. The van der Waals surface area contributed by atoms with Gasteiger partial charge >= 0.3 is 11.7 Å². The number of nitro benzene ring substituents is 1. The summed E-state index contributed by atoms with van der Waals surface area (Å²) in [5.41, 5.74) is 4.41. The molecule has 3 amide bonds. The first-order chi connectivity index (χ1) is 20.8. The lowest BCUT2D eigenvalue weighted by Gasteiger charge is -2.44. The first kappa shape index (κ1) is 28.5. The number of carbonyl (C=O) groups is 2. The minimum absolute atomic E-state index is 0.0546. The highest BCUT2D eigenvalue weighted by Gasteiger charge is 2.31. The topological polar surface area (TPSA) is 129 Å². The van der Waals surface area contributed by atoms with Crippen LogP contribution in [0, 0.1) is 10.1 Å². The van der Waals surface area contributed by atoms with Gasteiger partial charge < -0.3 is 14.5 Å². The molecule has 226 valence electrons. The zero-order chi connectivity index (χ0) is 30.1. The average Bonchev–Trinajstić information content (AvgIpc) is 3.46. The highest BCUT2D eigenvalue weighted by molar-refractivity contribution is 6.05. The number of anilines is 3. The van der Waals surface area contributed by atoms with Crippen molar-refractivity contribution in [3.8, 4) is 16.9 Å². The molecule has 2 aromatic carbocycles. The van der Waals surface area contributed by atoms with Crippen LogP contribution in [0.25, 0.3) is 11.1 Å². The van der Waals surface area contributed by atoms with E-state index in [-0.39, 0.29) is 23.4 Å². The van der Waals surface area contributed by atoms with Crippen molar-refractivity contribution in [2.75, 3.05) is 67.6 Å². The Labute approximate surface area is 249 Å². The lowest BCUT2D eigenvalue weighted by atomic mass is 9.98. The molecule has 3 aliphatic rings. The Morgan fingerprint density at radius 2 is 1.65 bits per heavy atom. The number of piperidine rings is 1. The molecular weight excluding hydrogens is 552 g/mol. The Kier molecular flexibility index (Phi) is 7.89. The molecule has 3 saturated heterocycles. The molecule has 0 bridgehead atoms. The number of hydrogen-bond acceptors (Lipinski definition) is 9. The van der Waals surface area contributed by atoms with Crippen LogP contribution in [0.15, 0.2) is 48.8 Å². The lowest BCUT2D eigenvalue weighted by Crippen LogP contribution is -2.53. The predicted molar refractivity (Wildman–Crippen MR) is 163 cm³/mol. The molecule has 3 aromatic rings. The Morgan fingerprint density at radius 3 is 2.26 bits per heavy atom. The Bertz CT molecular complexity index is 1510. The van der Waals surface area contributed by atoms with E-state index in [4.69, 9.17) is 4.74 Å². The number of nitro groups is 1. The molecule has 3 aliphatic heterocycles. The standard InChI is InChI=1S/C30H36N8O5/c1-33-20-21(19-31-33)25-17-27(38(41)42)28(43-2)18-26(25)36-10-7-23(8-11-36)35-15-13-34(14-16-35)22-3-5-24(6-4-22)37-12-9-29(39)32-30(37)40/h3-6,17-20,23H,7-16H2,1-2H3,(H,32,39,40). The molecule has 0 aliphatic carbocycles. The molecule has 0 unspecified atom stereocenters. The van der Waals surface area contributed by atoms with Crippen LogP contribution in [0.3, 0.4) is 0 Å². The maximum absolute atomic E-state index is 12.2. The normalized spacial score (nSPS) is 18.6. The molecule has 0 atom stereocenters. The fourth-order valence-corrected chi connectivity index (χ4v) is 6.39. The summed E-state index contributed by atoms with van der Waals surface area (Å²) in [6.45, 7) is 5.85. The summed E-state index contributed by atoms with van der Waals surface area (Å²) in [4.78, 5) is 43.8. The number of rotatable bonds is 7. The molecule has 0 saturated carbocycles. The second-order valence-corrected chi connectivity index (χ2v) is 11.2. The monoisotopic (exact) mass is 588 g/mol. The van der Waals surface area contributed by atoms with Crippen LogP contribution in [0.4, 0.5) is 27.5 Å². The van der Waals surface area contributed by atoms with Gasteiger partial charge in [0.25, 0.3) is 0 Å². The van der Waals surface area contributed by atoms with E-state index in [0.717, 1.165) is 80.3 Å². The first-order valence-electron chi connectivity index (χ1n) is 14.6. The van der Waals surface area contributed by atoms with Gasteiger partial charge in [-0.05, 0) is 37.1 Å². The van der Waals surface area contributed by atoms with E-state index >= 15 is 0 Å². The van der Waals surface area contributed by atoms with Crippen LogP contribution < -0.4 is 24.8 Å². The highest BCUT2D eigenvalue weighted by atomic mass is 16.6. The number of urea groups is 1. The fraction of sp³-hybridized carbons (Fsp3) is 0.433. The van der Waals surface area contributed by atoms with Gasteiger partial charge in [-0.3, -0.25) is 34.7 Å². The summed E-state index contributed by atoms with van der Waals surface area (Å²) >= 11 is 0. The molecule has 1 N–H and O–H groups in total. The maximum Gasteiger partial charge on any atom is 0.328 e. The van der Waals surface area contributed by atoms with Gasteiger partial charge in [0.2, 0.25) is 5.91 Å². The van der Waals surface area contributed by atoms with Gasteiger partial charge in [0.15, 0.2) is 5.75 Å². The molecule has 0 radical (unpaired) electrons. The number of nitrogens with zero attached hydrogens (tertiary/aromatic N) is 7. The number of carbonyl (C=O) groups excluding carboxylic acids is 2. The third-order valence-electron chi connectivity index (χ3n) is 8.73.